The summed E-state index contributed by atoms with van der Waals surface area (Å²) in [7, 11) is -4.81. The predicted octanol–water partition coefficient (Wildman–Crippen LogP) is -0.593. The van der Waals surface area contributed by atoms with Crippen LogP contribution in [0.1, 0.15) is 19.3 Å². The molecule has 14 nitrogen and oxygen atoms in total. The van der Waals surface area contributed by atoms with E-state index in [9.17, 15) is 31.2 Å². The second-order valence-electron chi connectivity index (χ2n) is 8.43. The van der Waals surface area contributed by atoms with Gasteiger partial charge in [0.2, 0.25) is 0 Å². The van der Waals surface area contributed by atoms with Gasteiger partial charge in [-0.2, -0.15) is 26.7 Å². The molecule has 0 saturated carbocycles. The van der Waals surface area contributed by atoms with E-state index in [2.05, 4.69) is 20.0 Å². The minimum absolute atomic E-state index is 0.145. The van der Waals surface area contributed by atoms with Crippen LogP contribution >= 0.6 is 11.8 Å². The molecule has 19 heteroatoms. The third kappa shape index (κ3) is 7.56. The van der Waals surface area contributed by atoms with Crippen molar-refractivity contribution in [1.29, 1.82) is 0 Å². The van der Waals surface area contributed by atoms with Crippen LogP contribution in [-0.2, 0) is 29.1 Å². The molecule has 0 aromatic rings. The number of alkyl halides is 3. The fourth-order valence-corrected chi connectivity index (χ4v) is 5.76. The summed E-state index contributed by atoms with van der Waals surface area (Å²) in [5.41, 5.74) is 2.41. The van der Waals surface area contributed by atoms with Crippen LogP contribution in [-0.4, -0.2) is 119 Å². The Balaban J connectivity index is 0.000000454. The van der Waals surface area contributed by atoms with Gasteiger partial charge in [0.25, 0.3) is 5.91 Å². The highest BCUT2D eigenvalue weighted by Gasteiger charge is 2.49. The van der Waals surface area contributed by atoms with Gasteiger partial charge in [-0.25, -0.2) is 15.1 Å². The Labute approximate surface area is 208 Å². The molecule has 4 rings (SSSR count). The molecule has 0 radical (unpaired) electrons. The molecule has 0 unspecified atom stereocenters. The summed E-state index contributed by atoms with van der Waals surface area (Å²) in [5, 5.41) is 11.1. The Hall–Kier alpha value is -1.90. The van der Waals surface area contributed by atoms with Crippen LogP contribution in [0.2, 0.25) is 0 Å². The zero-order valence-corrected chi connectivity index (χ0v) is 20.4. The number of thioether (sulfide) groups is 1. The highest BCUT2D eigenvalue weighted by atomic mass is 32.3. The number of nitrogens with zero attached hydrogens (tertiary/aromatic N) is 3. The number of fused-ring (bicyclic) bond motifs is 2. The molecule has 36 heavy (non-hydrogen) atoms. The summed E-state index contributed by atoms with van der Waals surface area (Å²) in [5.74, 6) is -0.997. The van der Waals surface area contributed by atoms with Gasteiger partial charge in [-0.1, -0.05) is 0 Å². The molecule has 4 aliphatic heterocycles. The number of carbonyl (C=O) groups is 3. The standard InChI is InChI=1S/C15H25N5O7S2.C2HF3O2/c21-14(17-26-8-10-5-12(6-16-10)18-3-4-28-9-18)13-2-1-11-7-19(13)15(22)20(11)27-29(23,24)25;3-2(4,5)1(6)7/h10-13,16H,1-9H2,(H,17,21)(H,23,24,25);(H,6,7)/t10-,11+,12-,13-;/m0./s1. The Kier molecular flexibility index (Phi) is 9.28. The lowest BCUT2D eigenvalue weighted by Crippen LogP contribution is -2.50. The van der Waals surface area contributed by atoms with E-state index < -0.39 is 46.6 Å². The van der Waals surface area contributed by atoms with Gasteiger partial charge >= 0.3 is 28.6 Å². The number of hydrogen-bond donors (Lipinski definition) is 4. The highest BCUT2D eigenvalue weighted by Crippen LogP contribution is 2.30. The summed E-state index contributed by atoms with van der Waals surface area (Å²) in [6, 6.07) is -1.44. The van der Waals surface area contributed by atoms with Crippen LogP contribution in [0.5, 0.6) is 0 Å². The van der Waals surface area contributed by atoms with E-state index in [1.807, 2.05) is 11.8 Å². The van der Waals surface area contributed by atoms with Crippen LogP contribution in [0.25, 0.3) is 0 Å². The first kappa shape index (κ1) is 28.7. The maximum absolute atomic E-state index is 12.5. The SMILES string of the molecule is O=C(NOC[C@@H]1C[C@H](N2CCSC2)CN1)[C@@H]1CC[C@@H]2CN1C(=O)N2OS(=O)(=O)O.O=C(O)C(F)(F)F. The molecule has 0 spiro atoms. The lowest BCUT2D eigenvalue weighted by atomic mass is 10.0. The van der Waals surface area contributed by atoms with E-state index in [4.69, 9.17) is 19.3 Å². The number of halogens is 3. The van der Waals surface area contributed by atoms with E-state index in [0.29, 0.717) is 30.6 Å². The monoisotopic (exact) mass is 565 g/mol. The minimum Gasteiger partial charge on any atom is -0.475 e. The average molecular weight is 566 g/mol. The zero-order chi connectivity index (χ0) is 26.7. The molecule has 0 aromatic carbocycles. The van der Waals surface area contributed by atoms with E-state index in [0.717, 1.165) is 31.1 Å². The van der Waals surface area contributed by atoms with Crippen molar-refractivity contribution in [2.24, 2.45) is 0 Å². The molecule has 4 atom stereocenters. The van der Waals surface area contributed by atoms with Crippen molar-refractivity contribution in [3.8, 4) is 0 Å². The molecular formula is C17H26F3N5O9S2. The molecule has 4 heterocycles. The summed E-state index contributed by atoms with van der Waals surface area (Å²) in [4.78, 5) is 42.8. The van der Waals surface area contributed by atoms with Crippen LogP contribution in [0.3, 0.4) is 0 Å². The number of hydroxylamine groups is 3. The van der Waals surface area contributed by atoms with Crippen molar-refractivity contribution in [3.63, 3.8) is 0 Å². The number of rotatable bonds is 7. The summed E-state index contributed by atoms with van der Waals surface area (Å²) in [6.45, 7) is 2.47. The van der Waals surface area contributed by atoms with Gasteiger partial charge in [-0.05, 0) is 19.3 Å². The first-order chi connectivity index (χ1) is 16.8. The summed E-state index contributed by atoms with van der Waals surface area (Å²) >= 11 is 1.93. The maximum atomic E-state index is 12.5. The van der Waals surface area contributed by atoms with Crippen LogP contribution in [0.15, 0.2) is 0 Å². The summed E-state index contributed by atoms with van der Waals surface area (Å²) in [6.07, 6.45) is -3.42. The molecule has 4 saturated heterocycles. The van der Waals surface area contributed by atoms with Gasteiger partial charge in [0.05, 0.1) is 12.6 Å². The molecule has 4 N–H and O–H groups in total. The van der Waals surface area contributed by atoms with Crippen molar-refractivity contribution in [2.75, 3.05) is 37.9 Å². The van der Waals surface area contributed by atoms with Crippen LogP contribution in [0.4, 0.5) is 18.0 Å². The van der Waals surface area contributed by atoms with Crippen molar-refractivity contribution in [2.45, 2.75) is 49.6 Å². The average Bonchev–Trinajstić information content (AvgIpc) is 3.51. The van der Waals surface area contributed by atoms with Gasteiger partial charge < -0.3 is 15.3 Å². The number of carboxylic acid groups (broad SMARTS) is 1. The molecule has 4 fully saturated rings. The number of amides is 3. The summed E-state index contributed by atoms with van der Waals surface area (Å²) < 4.78 is 66.8. The smallest absolute Gasteiger partial charge is 0.475 e. The fraction of sp³-hybridized carbons (Fsp3) is 0.824. The normalized spacial score (nSPS) is 28.7. The first-order valence-electron chi connectivity index (χ1n) is 10.8. The zero-order valence-electron chi connectivity index (χ0n) is 18.7. The highest BCUT2D eigenvalue weighted by molar-refractivity contribution is 7.99. The molecule has 206 valence electrons. The molecular weight excluding hydrogens is 539 g/mol. The topological polar surface area (TPSA) is 178 Å². The number of carbonyl (C=O) groups excluding carboxylic acids is 2. The number of hydrogen-bond acceptors (Lipinski definition) is 10. The van der Waals surface area contributed by atoms with Gasteiger partial charge in [0.15, 0.2) is 0 Å². The van der Waals surface area contributed by atoms with Crippen molar-refractivity contribution >= 4 is 40.1 Å². The van der Waals surface area contributed by atoms with Crippen LogP contribution in [0, 0.1) is 0 Å². The minimum atomic E-state index is -5.08. The Morgan fingerprint density at radius 1 is 1.25 bits per heavy atom. The second-order valence-corrected chi connectivity index (χ2v) is 10.5. The number of urea groups is 1. The van der Waals surface area contributed by atoms with E-state index >= 15 is 0 Å². The van der Waals surface area contributed by atoms with Crippen LogP contribution < -0.4 is 10.8 Å². The largest absolute Gasteiger partial charge is 0.490 e. The molecule has 0 aliphatic carbocycles. The van der Waals surface area contributed by atoms with E-state index in [-0.39, 0.29) is 12.6 Å². The fourth-order valence-electron chi connectivity index (χ4n) is 4.30. The van der Waals surface area contributed by atoms with Gasteiger partial charge in [0, 0.05) is 43.3 Å². The lowest BCUT2D eigenvalue weighted by molar-refractivity contribution is -0.192. The van der Waals surface area contributed by atoms with Crippen molar-refractivity contribution in [1.82, 2.24) is 25.7 Å². The lowest BCUT2D eigenvalue weighted by Gasteiger charge is -2.29. The van der Waals surface area contributed by atoms with Crippen molar-refractivity contribution < 1.29 is 54.8 Å². The molecule has 0 aromatic heterocycles. The van der Waals surface area contributed by atoms with Gasteiger partial charge in [-0.3, -0.25) is 19.1 Å². The number of piperidine rings is 1. The Morgan fingerprint density at radius 3 is 2.53 bits per heavy atom. The molecule has 3 amide bonds. The van der Waals surface area contributed by atoms with Gasteiger partial charge in [0.1, 0.15) is 6.04 Å². The predicted molar refractivity (Wildman–Crippen MR) is 115 cm³/mol. The number of aliphatic carboxylic acids is 1. The number of nitrogens with one attached hydrogen (secondary N) is 2. The Bertz CT molecular complexity index is 935. The molecule has 2 bridgehead atoms. The second kappa shape index (κ2) is 11.7. The first-order valence-corrected chi connectivity index (χ1v) is 13.3. The molecule has 4 aliphatic rings. The quantitative estimate of drug-likeness (QED) is 0.228. The third-order valence-corrected chi connectivity index (χ3v) is 7.33. The maximum Gasteiger partial charge on any atom is 0.490 e. The van der Waals surface area contributed by atoms with E-state index in [1.54, 1.807) is 0 Å². The number of carboxylic acids is 1. The van der Waals surface area contributed by atoms with E-state index in [1.165, 1.54) is 4.90 Å². The van der Waals surface area contributed by atoms with Gasteiger partial charge in [-0.15, -0.1) is 16.0 Å². The Morgan fingerprint density at radius 2 is 1.94 bits per heavy atom. The third-order valence-electron chi connectivity index (χ3n) is 5.99. The van der Waals surface area contributed by atoms with Crippen molar-refractivity contribution in [3.05, 3.63) is 0 Å².